The summed E-state index contributed by atoms with van der Waals surface area (Å²) in [7, 11) is 0. The molecule has 0 fully saturated rings. The topological polar surface area (TPSA) is 134 Å². The van der Waals surface area contributed by atoms with Gasteiger partial charge in [-0.2, -0.15) is 10.4 Å². The summed E-state index contributed by atoms with van der Waals surface area (Å²) < 4.78 is 14.9. The summed E-state index contributed by atoms with van der Waals surface area (Å²) in [6.07, 6.45) is 1.25. The second-order valence-corrected chi connectivity index (χ2v) is 6.60. The van der Waals surface area contributed by atoms with Crippen molar-refractivity contribution in [3.8, 4) is 23.1 Å². The number of aromatic nitrogens is 4. The van der Waals surface area contributed by atoms with Crippen molar-refractivity contribution in [2.75, 3.05) is 17.2 Å². The van der Waals surface area contributed by atoms with Gasteiger partial charge < -0.3 is 10.8 Å². The van der Waals surface area contributed by atoms with E-state index in [2.05, 4.69) is 15.1 Å². The van der Waals surface area contributed by atoms with Crippen LogP contribution in [0.25, 0.3) is 22.3 Å². The molecule has 154 valence electrons. The van der Waals surface area contributed by atoms with E-state index in [0.717, 1.165) is 6.07 Å². The number of rotatable bonds is 5. The van der Waals surface area contributed by atoms with Gasteiger partial charge in [0.15, 0.2) is 17.2 Å². The number of aromatic hydroxyl groups is 1. The van der Waals surface area contributed by atoms with Crippen molar-refractivity contribution in [1.82, 2.24) is 19.7 Å². The number of fused-ring (bicyclic) bond motifs is 1. The molecule has 0 saturated carbocycles. The number of halogens is 1. The molecule has 0 radical (unpaired) electrons. The van der Waals surface area contributed by atoms with Crippen LogP contribution in [-0.4, -0.2) is 37.3 Å². The SMILES string of the molecule is N#CCN(C(=O)Cn1nc(-c2ccc(F)c(O)c2)c2c(N)ncnc21)c1ccccc1. The molecule has 0 saturated heterocycles. The fourth-order valence-electron chi connectivity index (χ4n) is 3.22. The maximum atomic E-state index is 13.5. The molecular formula is C21H16FN7O2. The standard InChI is InChI=1S/C21H16FN7O2/c22-15-7-6-13(10-16(15)30)19-18-20(24)25-12-26-21(18)29(27-19)11-17(31)28(9-8-23)14-4-2-1-3-5-14/h1-7,10,12,30H,9,11H2,(H2,24,25,26). The van der Waals surface area contributed by atoms with Crippen LogP contribution < -0.4 is 10.6 Å². The number of nitrogen functional groups attached to an aromatic ring is 1. The number of carbonyl (C=O) groups is 1. The molecule has 3 N–H and O–H groups in total. The monoisotopic (exact) mass is 417 g/mol. The van der Waals surface area contributed by atoms with E-state index < -0.39 is 11.6 Å². The summed E-state index contributed by atoms with van der Waals surface area (Å²) in [4.78, 5) is 22.5. The van der Waals surface area contributed by atoms with Gasteiger partial charge in [-0.05, 0) is 30.3 Å². The minimum Gasteiger partial charge on any atom is -0.505 e. The Balaban J connectivity index is 1.78. The third kappa shape index (κ3) is 3.72. The highest BCUT2D eigenvalue weighted by molar-refractivity contribution is 6.00. The van der Waals surface area contributed by atoms with Gasteiger partial charge in [0.05, 0.1) is 11.5 Å². The van der Waals surface area contributed by atoms with Gasteiger partial charge in [-0.25, -0.2) is 19.0 Å². The highest BCUT2D eigenvalue weighted by Gasteiger charge is 2.22. The number of phenols is 1. The number of nitrogens with two attached hydrogens (primary N) is 1. The van der Waals surface area contributed by atoms with Crippen molar-refractivity contribution < 1.29 is 14.3 Å². The molecule has 0 aliphatic rings. The van der Waals surface area contributed by atoms with E-state index in [4.69, 9.17) is 11.0 Å². The summed E-state index contributed by atoms with van der Waals surface area (Å²) in [5, 5.41) is 23.7. The molecule has 0 spiro atoms. The molecule has 9 nitrogen and oxygen atoms in total. The van der Waals surface area contributed by atoms with Crippen molar-refractivity contribution in [3.63, 3.8) is 0 Å². The molecule has 0 unspecified atom stereocenters. The number of hydrogen-bond acceptors (Lipinski definition) is 7. The van der Waals surface area contributed by atoms with Gasteiger partial charge in [-0.15, -0.1) is 0 Å². The maximum absolute atomic E-state index is 13.5. The second kappa shape index (κ2) is 8.08. The van der Waals surface area contributed by atoms with E-state index in [1.54, 1.807) is 24.3 Å². The lowest BCUT2D eigenvalue weighted by Gasteiger charge is -2.19. The molecule has 0 bridgehead atoms. The summed E-state index contributed by atoms with van der Waals surface area (Å²) >= 11 is 0. The normalized spacial score (nSPS) is 10.7. The van der Waals surface area contributed by atoms with Crippen molar-refractivity contribution in [2.45, 2.75) is 6.54 Å². The first kappa shape index (κ1) is 19.8. The van der Waals surface area contributed by atoms with Gasteiger partial charge >= 0.3 is 0 Å². The highest BCUT2D eigenvalue weighted by Crippen LogP contribution is 2.32. The van der Waals surface area contributed by atoms with Crippen molar-refractivity contribution in [1.29, 1.82) is 5.26 Å². The zero-order valence-electron chi connectivity index (χ0n) is 16.1. The number of benzene rings is 2. The molecule has 4 rings (SSSR count). The van der Waals surface area contributed by atoms with Crippen LogP contribution in [0.2, 0.25) is 0 Å². The lowest BCUT2D eigenvalue weighted by molar-refractivity contribution is -0.119. The average Bonchev–Trinajstić information content (AvgIpc) is 3.14. The van der Waals surface area contributed by atoms with Crippen LogP contribution >= 0.6 is 0 Å². The number of amides is 1. The minimum atomic E-state index is -0.776. The van der Waals surface area contributed by atoms with Gasteiger partial charge in [0, 0.05) is 11.3 Å². The van der Waals surface area contributed by atoms with Crippen LogP contribution in [0.15, 0.2) is 54.9 Å². The average molecular weight is 417 g/mol. The van der Waals surface area contributed by atoms with Gasteiger partial charge in [0.2, 0.25) is 5.91 Å². The fourth-order valence-corrected chi connectivity index (χ4v) is 3.22. The summed E-state index contributed by atoms with van der Waals surface area (Å²) in [6, 6.07) is 14.5. The molecule has 0 aliphatic heterocycles. The maximum Gasteiger partial charge on any atom is 0.249 e. The highest BCUT2D eigenvalue weighted by atomic mass is 19.1. The van der Waals surface area contributed by atoms with Gasteiger partial charge in [-0.3, -0.25) is 9.69 Å². The third-order valence-corrected chi connectivity index (χ3v) is 4.66. The number of para-hydroxylation sites is 1. The first-order chi connectivity index (χ1) is 15.0. The van der Waals surface area contributed by atoms with Crippen LogP contribution in [0, 0.1) is 17.1 Å². The molecule has 31 heavy (non-hydrogen) atoms. The molecule has 2 aromatic heterocycles. The predicted octanol–water partition coefficient (Wildman–Crippen LogP) is 2.48. The molecule has 4 aromatic rings. The van der Waals surface area contributed by atoms with Crippen LogP contribution in [0.5, 0.6) is 5.75 Å². The smallest absolute Gasteiger partial charge is 0.249 e. The van der Waals surface area contributed by atoms with Gasteiger partial charge in [0.1, 0.15) is 30.9 Å². The van der Waals surface area contributed by atoms with Crippen LogP contribution in [0.1, 0.15) is 0 Å². The zero-order valence-corrected chi connectivity index (χ0v) is 16.1. The van der Waals surface area contributed by atoms with Crippen LogP contribution in [0.3, 0.4) is 0 Å². The molecule has 0 atom stereocenters. The Morgan fingerprint density at radius 1 is 1.23 bits per heavy atom. The first-order valence-corrected chi connectivity index (χ1v) is 9.18. The van der Waals surface area contributed by atoms with Crippen LogP contribution in [-0.2, 0) is 11.3 Å². The Kier molecular flexibility index (Phi) is 5.15. The zero-order chi connectivity index (χ0) is 22.0. The van der Waals surface area contributed by atoms with Gasteiger partial charge in [-0.1, -0.05) is 18.2 Å². The molecule has 1 amide bonds. The van der Waals surface area contributed by atoms with Crippen molar-refractivity contribution in [2.24, 2.45) is 0 Å². The Morgan fingerprint density at radius 2 is 2.00 bits per heavy atom. The third-order valence-electron chi connectivity index (χ3n) is 4.66. The number of hydrogen-bond donors (Lipinski definition) is 2. The minimum absolute atomic E-state index is 0.124. The Bertz CT molecular complexity index is 1310. The van der Waals surface area contributed by atoms with E-state index in [1.165, 1.54) is 28.0 Å². The molecule has 2 aromatic carbocycles. The molecule has 0 aliphatic carbocycles. The first-order valence-electron chi connectivity index (χ1n) is 9.18. The fraction of sp³-hybridized carbons (Fsp3) is 0.0952. The molecule has 2 heterocycles. The van der Waals surface area contributed by atoms with Crippen molar-refractivity contribution in [3.05, 3.63) is 60.7 Å². The predicted molar refractivity (Wildman–Crippen MR) is 111 cm³/mol. The van der Waals surface area contributed by atoms with E-state index in [1.807, 2.05) is 12.1 Å². The Hall–Kier alpha value is -4.52. The Morgan fingerprint density at radius 3 is 2.71 bits per heavy atom. The van der Waals surface area contributed by atoms with E-state index in [9.17, 15) is 14.3 Å². The number of nitrogens with zero attached hydrogens (tertiary/aromatic N) is 6. The second-order valence-electron chi connectivity index (χ2n) is 6.60. The Labute approximate surface area is 175 Å². The number of carbonyl (C=O) groups excluding carboxylic acids is 1. The summed E-state index contributed by atoms with van der Waals surface area (Å²) in [5.74, 6) is -1.58. The summed E-state index contributed by atoms with van der Waals surface area (Å²) in [5.41, 5.74) is 7.57. The number of phenolic OH excluding ortho intramolecular Hbond substituents is 1. The van der Waals surface area contributed by atoms with Crippen LogP contribution in [0.4, 0.5) is 15.9 Å². The van der Waals surface area contributed by atoms with Crippen molar-refractivity contribution >= 4 is 28.4 Å². The molecule has 10 heteroatoms. The number of nitriles is 1. The van der Waals surface area contributed by atoms with E-state index >= 15 is 0 Å². The number of anilines is 2. The van der Waals surface area contributed by atoms with E-state index in [0.29, 0.717) is 28.0 Å². The lowest BCUT2D eigenvalue weighted by atomic mass is 10.1. The largest absolute Gasteiger partial charge is 0.505 e. The quantitative estimate of drug-likeness (QED) is 0.476. The van der Waals surface area contributed by atoms with Gasteiger partial charge in [0.25, 0.3) is 0 Å². The van der Waals surface area contributed by atoms with E-state index in [-0.39, 0.29) is 24.8 Å². The lowest BCUT2D eigenvalue weighted by Crippen LogP contribution is -2.34. The summed E-state index contributed by atoms with van der Waals surface area (Å²) in [6.45, 7) is -0.367. The molecular weight excluding hydrogens is 401 g/mol.